The van der Waals surface area contributed by atoms with Gasteiger partial charge in [-0.05, 0) is 38.5 Å². The molecule has 0 aliphatic rings. The van der Waals surface area contributed by atoms with Crippen molar-refractivity contribution in [1.29, 1.82) is 0 Å². The van der Waals surface area contributed by atoms with Crippen molar-refractivity contribution in [3.63, 3.8) is 0 Å². The van der Waals surface area contributed by atoms with E-state index in [2.05, 4.69) is 10.3 Å². The molecule has 1 atom stereocenters. The number of carbonyl (C=O) groups is 2. The van der Waals surface area contributed by atoms with Crippen LogP contribution in [0.4, 0.5) is 0 Å². The SMILES string of the molecule is CCC(CO)N(C(=O)CNC(=O)c1cc2c(OC)cccc2[nH]1)C(C)C. The number of aromatic nitrogens is 1. The highest BCUT2D eigenvalue weighted by Gasteiger charge is 2.25. The predicted octanol–water partition coefficient (Wildman–Crippen LogP) is 1.91. The van der Waals surface area contributed by atoms with E-state index in [9.17, 15) is 14.7 Å². The summed E-state index contributed by atoms with van der Waals surface area (Å²) in [4.78, 5) is 29.6. The van der Waals surface area contributed by atoms with E-state index in [1.807, 2.05) is 39.0 Å². The molecule has 2 aromatic rings. The summed E-state index contributed by atoms with van der Waals surface area (Å²) >= 11 is 0. The molecular weight excluding hydrogens is 334 g/mol. The van der Waals surface area contributed by atoms with Crippen LogP contribution in [0, 0.1) is 0 Å². The summed E-state index contributed by atoms with van der Waals surface area (Å²) in [5, 5.41) is 12.9. The summed E-state index contributed by atoms with van der Waals surface area (Å²) in [6.45, 7) is 5.47. The lowest BCUT2D eigenvalue weighted by atomic mass is 10.1. The van der Waals surface area contributed by atoms with Gasteiger partial charge in [-0.15, -0.1) is 0 Å². The standard InChI is InChI=1S/C19H27N3O4/c1-5-13(11-23)22(12(2)3)18(24)10-20-19(25)16-9-14-15(21-16)7-6-8-17(14)26-4/h6-9,12-13,21,23H,5,10-11H2,1-4H3,(H,20,25). The molecule has 7 nitrogen and oxygen atoms in total. The Morgan fingerprint density at radius 3 is 2.65 bits per heavy atom. The third-order valence-corrected chi connectivity index (χ3v) is 4.41. The van der Waals surface area contributed by atoms with E-state index in [4.69, 9.17) is 4.74 Å². The quantitative estimate of drug-likeness (QED) is 0.669. The fourth-order valence-electron chi connectivity index (χ4n) is 3.10. The van der Waals surface area contributed by atoms with E-state index in [-0.39, 0.29) is 37.0 Å². The molecule has 0 bridgehead atoms. The molecule has 0 saturated carbocycles. The van der Waals surface area contributed by atoms with Crippen LogP contribution in [-0.2, 0) is 4.79 Å². The van der Waals surface area contributed by atoms with Crippen molar-refractivity contribution >= 4 is 22.7 Å². The van der Waals surface area contributed by atoms with Gasteiger partial charge in [-0.2, -0.15) is 0 Å². The van der Waals surface area contributed by atoms with Crippen LogP contribution in [0.15, 0.2) is 24.3 Å². The second-order valence-electron chi connectivity index (χ2n) is 6.43. The monoisotopic (exact) mass is 361 g/mol. The van der Waals surface area contributed by atoms with Crippen LogP contribution < -0.4 is 10.1 Å². The van der Waals surface area contributed by atoms with E-state index in [1.165, 1.54) is 0 Å². The number of hydrogen-bond acceptors (Lipinski definition) is 4. The van der Waals surface area contributed by atoms with E-state index in [0.717, 1.165) is 10.9 Å². The highest BCUT2D eigenvalue weighted by atomic mass is 16.5. The second-order valence-corrected chi connectivity index (χ2v) is 6.43. The van der Waals surface area contributed by atoms with E-state index >= 15 is 0 Å². The van der Waals surface area contributed by atoms with Gasteiger partial charge in [0.05, 0.1) is 26.3 Å². The van der Waals surface area contributed by atoms with Crippen molar-refractivity contribution < 1.29 is 19.4 Å². The van der Waals surface area contributed by atoms with E-state index in [1.54, 1.807) is 18.1 Å². The third-order valence-electron chi connectivity index (χ3n) is 4.41. The van der Waals surface area contributed by atoms with Crippen LogP contribution in [0.3, 0.4) is 0 Å². The molecule has 0 fully saturated rings. The lowest BCUT2D eigenvalue weighted by Gasteiger charge is -2.33. The van der Waals surface area contributed by atoms with Crippen molar-refractivity contribution in [3.05, 3.63) is 30.0 Å². The van der Waals surface area contributed by atoms with Crippen LogP contribution in [-0.4, -0.2) is 59.1 Å². The molecular formula is C19H27N3O4. The van der Waals surface area contributed by atoms with Gasteiger partial charge in [-0.3, -0.25) is 9.59 Å². The van der Waals surface area contributed by atoms with Crippen LogP contribution in [0.2, 0.25) is 0 Å². The molecule has 2 amide bonds. The normalized spacial score (nSPS) is 12.2. The maximum atomic E-state index is 12.5. The Morgan fingerprint density at radius 1 is 1.35 bits per heavy atom. The molecule has 1 aromatic heterocycles. The van der Waals surface area contributed by atoms with Gasteiger partial charge in [0.1, 0.15) is 11.4 Å². The van der Waals surface area contributed by atoms with Gasteiger partial charge in [-0.1, -0.05) is 13.0 Å². The van der Waals surface area contributed by atoms with Crippen molar-refractivity contribution in [2.24, 2.45) is 0 Å². The number of aliphatic hydroxyl groups excluding tert-OH is 1. The fourth-order valence-corrected chi connectivity index (χ4v) is 3.10. The number of amides is 2. The highest BCUT2D eigenvalue weighted by Crippen LogP contribution is 2.25. The molecule has 1 heterocycles. The van der Waals surface area contributed by atoms with Crippen LogP contribution >= 0.6 is 0 Å². The van der Waals surface area contributed by atoms with Crippen molar-refractivity contribution in [1.82, 2.24) is 15.2 Å². The molecule has 0 radical (unpaired) electrons. The molecule has 0 spiro atoms. The first kappa shape index (κ1) is 19.8. The fraction of sp³-hybridized carbons (Fsp3) is 0.474. The molecule has 7 heteroatoms. The van der Waals surface area contributed by atoms with Gasteiger partial charge >= 0.3 is 0 Å². The minimum atomic E-state index is -0.364. The maximum absolute atomic E-state index is 12.5. The molecule has 3 N–H and O–H groups in total. The van der Waals surface area contributed by atoms with Crippen LogP contribution in [0.1, 0.15) is 37.7 Å². The van der Waals surface area contributed by atoms with Crippen molar-refractivity contribution in [2.75, 3.05) is 20.3 Å². The van der Waals surface area contributed by atoms with Gasteiger partial charge in [0, 0.05) is 16.9 Å². The Kier molecular flexibility index (Phi) is 6.63. The Bertz CT molecular complexity index is 765. The maximum Gasteiger partial charge on any atom is 0.268 e. The Balaban J connectivity index is 2.09. The number of carbonyl (C=O) groups excluding carboxylic acids is 2. The number of hydrogen-bond donors (Lipinski definition) is 3. The number of nitrogens with one attached hydrogen (secondary N) is 2. The first-order valence-electron chi connectivity index (χ1n) is 8.78. The first-order chi connectivity index (χ1) is 12.4. The number of benzene rings is 1. The Labute approximate surface area is 153 Å². The number of ether oxygens (including phenoxy) is 1. The molecule has 0 aliphatic carbocycles. The van der Waals surface area contributed by atoms with Gasteiger partial charge in [0.15, 0.2) is 0 Å². The predicted molar refractivity (Wildman–Crippen MR) is 100 cm³/mol. The molecule has 2 rings (SSSR count). The largest absolute Gasteiger partial charge is 0.496 e. The third kappa shape index (κ3) is 4.16. The smallest absolute Gasteiger partial charge is 0.268 e. The zero-order valence-electron chi connectivity index (χ0n) is 15.7. The van der Waals surface area contributed by atoms with Gasteiger partial charge in [-0.25, -0.2) is 0 Å². The summed E-state index contributed by atoms with van der Waals surface area (Å²) in [6, 6.07) is 6.90. The molecule has 26 heavy (non-hydrogen) atoms. The van der Waals surface area contributed by atoms with Crippen LogP contribution in [0.25, 0.3) is 10.9 Å². The number of rotatable bonds is 8. The first-order valence-corrected chi connectivity index (χ1v) is 8.78. The Morgan fingerprint density at radius 2 is 2.08 bits per heavy atom. The van der Waals surface area contributed by atoms with Crippen molar-refractivity contribution in [2.45, 2.75) is 39.3 Å². The topological polar surface area (TPSA) is 94.7 Å². The minimum absolute atomic E-state index is 0.0613. The zero-order valence-corrected chi connectivity index (χ0v) is 15.7. The zero-order chi connectivity index (χ0) is 19.3. The lowest BCUT2D eigenvalue weighted by molar-refractivity contribution is -0.135. The second kappa shape index (κ2) is 8.71. The van der Waals surface area contributed by atoms with Crippen LogP contribution in [0.5, 0.6) is 5.75 Å². The number of fused-ring (bicyclic) bond motifs is 1. The van der Waals surface area contributed by atoms with E-state index in [0.29, 0.717) is 17.9 Å². The summed E-state index contributed by atoms with van der Waals surface area (Å²) in [7, 11) is 1.58. The minimum Gasteiger partial charge on any atom is -0.496 e. The summed E-state index contributed by atoms with van der Waals surface area (Å²) in [5.41, 5.74) is 1.15. The number of aromatic amines is 1. The summed E-state index contributed by atoms with van der Waals surface area (Å²) < 4.78 is 5.29. The molecule has 142 valence electrons. The number of nitrogens with zero attached hydrogens (tertiary/aromatic N) is 1. The molecule has 0 saturated heterocycles. The Hall–Kier alpha value is -2.54. The van der Waals surface area contributed by atoms with E-state index < -0.39 is 0 Å². The van der Waals surface area contributed by atoms with Gasteiger partial charge in [0.25, 0.3) is 5.91 Å². The molecule has 1 aromatic carbocycles. The molecule has 1 unspecified atom stereocenters. The highest BCUT2D eigenvalue weighted by molar-refractivity contribution is 6.00. The lowest BCUT2D eigenvalue weighted by Crippen LogP contribution is -2.50. The van der Waals surface area contributed by atoms with Gasteiger partial charge in [0.2, 0.25) is 5.91 Å². The van der Waals surface area contributed by atoms with Crippen molar-refractivity contribution in [3.8, 4) is 5.75 Å². The number of methoxy groups -OCH3 is 1. The molecule has 0 aliphatic heterocycles. The average Bonchev–Trinajstić information content (AvgIpc) is 3.07. The average molecular weight is 361 g/mol. The number of H-pyrrole nitrogens is 1. The number of aliphatic hydroxyl groups is 1. The summed E-state index contributed by atoms with van der Waals surface area (Å²) in [6.07, 6.45) is 0.649. The summed E-state index contributed by atoms with van der Waals surface area (Å²) in [5.74, 6) is 0.0916. The van der Waals surface area contributed by atoms with Gasteiger partial charge < -0.3 is 25.0 Å².